The zero-order valence-electron chi connectivity index (χ0n) is 23.7. The minimum atomic E-state index is -0.559. The van der Waals surface area contributed by atoms with E-state index in [1.54, 1.807) is 29.3 Å². The molecular formula is C32H37FN4O3. The number of piperidine rings is 1. The molecule has 2 atom stereocenters. The average molecular weight is 545 g/mol. The van der Waals surface area contributed by atoms with E-state index in [1.165, 1.54) is 17.7 Å². The van der Waals surface area contributed by atoms with Crippen molar-refractivity contribution in [3.8, 4) is 11.8 Å². The van der Waals surface area contributed by atoms with Crippen LogP contribution in [0.3, 0.4) is 0 Å². The van der Waals surface area contributed by atoms with E-state index in [9.17, 15) is 14.0 Å². The third-order valence-electron chi connectivity index (χ3n) is 6.90. The molecule has 1 fully saturated rings. The van der Waals surface area contributed by atoms with Crippen LogP contribution in [0.4, 0.5) is 9.18 Å². The molecule has 2 aliphatic heterocycles. The summed E-state index contributed by atoms with van der Waals surface area (Å²) in [6, 6.07) is 7.72. The molecule has 0 radical (unpaired) electrons. The van der Waals surface area contributed by atoms with Crippen molar-refractivity contribution in [2.24, 2.45) is 4.99 Å². The van der Waals surface area contributed by atoms with E-state index in [2.05, 4.69) is 28.2 Å². The van der Waals surface area contributed by atoms with Crippen molar-refractivity contribution in [2.75, 3.05) is 19.6 Å². The number of benzene rings is 1. The number of hydrogen-bond donors (Lipinski definition) is 1. The number of aliphatic imine (C=N–C) groups is 1. The third-order valence-corrected chi connectivity index (χ3v) is 6.90. The molecule has 2 amide bonds. The lowest BCUT2D eigenvalue weighted by Gasteiger charge is -2.38. The lowest BCUT2D eigenvalue weighted by molar-refractivity contribution is 0.0102. The molecule has 1 saturated heterocycles. The zero-order valence-corrected chi connectivity index (χ0v) is 23.7. The number of carbonyl (C=O) groups excluding carboxylic acids is 2. The molecule has 1 N–H and O–H groups in total. The van der Waals surface area contributed by atoms with Gasteiger partial charge in [0.2, 0.25) is 0 Å². The molecule has 2 aliphatic rings. The molecule has 8 heteroatoms. The van der Waals surface area contributed by atoms with Gasteiger partial charge in [0.15, 0.2) is 0 Å². The highest BCUT2D eigenvalue weighted by atomic mass is 19.1. The fourth-order valence-corrected chi connectivity index (χ4v) is 4.87. The first-order valence-electron chi connectivity index (χ1n) is 13.8. The lowest BCUT2D eigenvalue weighted by atomic mass is 9.86. The predicted molar refractivity (Wildman–Crippen MR) is 154 cm³/mol. The molecule has 2 unspecified atom stereocenters. The Morgan fingerprint density at radius 1 is 1.20 bits per heavy atom. The minimum absolute atomic E-state index is 0.0451. The van der Waals surface area contributed by atoms with Gasteiger partial charge in [-0.05, 0) is 89.3 Å². The SMILES string of the molecule is CC1CC(c2ncc(C(=O)NCCCC3=CCN=C3)cc2C#Cc2ccc(F)cc2)CCN1C(=O)OC(C)(C)C. The van der Waals surface area contributed by atoms with Gasteiger partial charge in [0.25, 0.3) is 5.91 Å². The van der Waals surface area contributed by atoms with Crippen LogP contribution in [0.1, 0.15) is 86.5 Å². The summed E-state index contributed by atoms with van der Waals surface area (Å²) in [5.41, 5.74) is 3.21. The number of hydrogen-bond acceptors (Lipinski definition) is 5. The van der Waals surface area contributed by atoms with Crippen molar-refractivity contribution in [1.29, 1.82) is 0 Å². The molecule has 4 rings (SSSR count). The molecular weight excluding hydrogens is 507 g/mol. The summed E-state index contributed by atoms with van der Waals surface area (Å²) in [7, 11) is 0. The van der Waals surface area contributed by atoms with Crippen molar-refractivity contribution in [3.63, 3.8) is 0 Å². The largest absolute Gasteiger partial charge is 0.444 e. The molecule has 40 heavy (non-hydrogen) atoms. The molecule has 0 spiro atoms. The number of halogens is 1. The Bertz CT molecular complexity index is 1350. The van der Waals surface area contributed by atoms with Gasteiger partial charge < -0.3 is 15.0 Å². The molecule has 210 valence electrons. The molecule has 3 heterocycles. The fraction of sp³-hybridized carbons (Fsp3) is 0.438. The number of aromatic nitrogens is 1. The summed E-state index contributed by atoms with van der Waals surface area (Å²) >= 11 is 0. The van der Waals surface area contributed by atoms with Crippen molar-refractivity contribution >= 4 is 18.2 Å². The van der Waals surface area contributed by atoms with Gasteiger partial charge in [-0.3, -0.25) is 14.8 Å². The maximum atomic E-state index is 13.4. The van der Waals surface area contributed by atoms with Crippen LogP contribution in [0.25, 0.3) is 0 Å². The number of pyridine rings is 1. The van der Waals surface area contributed by atoms with E-state index in [0.717, 1.165) is 25.1 Å². The first-order valence-corrected chi connectivity index (χ1v) is 13.8. The van der Waals surface area contributed by atoms with E-state index in [0.29, 0.717) is 42.6 Å². The maximum absolute atomic E-state index is 13.4. The van der Waals surface area contributed by atoms with E-state index < -0.39 is 5.60 Å². The van der Waals surface area contributed by atoms with Crippen LogP contribution in [0.2, 0.25) is 0 Å². The number of carbonyl (C=O) groups is 2. The van der Waals surface area contributed by atoms with Crippen LogP contribution in [0, 0.1) is 17.7 Å². The fourth-order valence-electron chi connectivity index (χ4n) is 4.87. The predicted octanol–water partition coefficient (Wildman–Crippen LogP) is 5.64. The highest BCUT2D eigenvalue weighted by Gasteiger charge is 2.33. The molecule has 1 aromatic carbocycles. The van der Waals surface area contributed by atoms with Crippen molar-refractivity contribution < 1.29 is 18.7 Å². The smallest absolute Gasteiger partial charge is 0.410 e. The van der Waals surface area contributed by atoms with Crippen LogP contribution in [-0.2, 0) is 4.74 Å². The average Bonchev–Trinajstić information content (AvgIpc) is 3.43. The van der Waals surface area contributed by atoms with E-state index in [1.807, 2.05) is 33.9 Å². The lowest BCUT2D eigenvalue weighted by Crippen LogP contribution is -2.46. The normalized spacial score (nSPS) is 18.5. The minimum Gasteiger partial charge on any atom is -0.444 e. The van der Waals surface area contributed by atoms with E-state index >= 15 is 0 Å². The highest BCUT2D eigenvalue weighted by Crippen LogP contribution is 2.33. The Labute approximate surface area is 235 Å². The standard InChI is InChI=1S/C32H37FN4O3/c1-22-18-26(14-17-37(22)31(39)40-32(2,3)4)29-25(10-7-23-8-11-28(33)12-9-23)19-27(21-36-29)30(38)35-15-5-6-24-13-16-34-20-24/h8-9,11-13,19-22,26H,5-6,14-18H2,1-4H3,(H,35,38). The maximum Gasteiger partial charge on any atom is 0.410 e. The van der Waals surface area contributed by atoms with Crippen molar-refractivity contribution in [2.45, 2.75) is 70.9 Å². The van der Waals surface area contributed by atoms with E-state index in [-0.39, 0.29) is 29.8 Å². The van der Waals surface area contributed by atoms with Crippen molar-refractivity contribution in [1.82, 2.24) is 15.2 Å². The summed E-state index contributed by atoms with van der Waals surface area (Å²) in [6.45, 7) is 9.41. The number of allylic oxidation sites excluding steroid dienone is 1. The van der Waals surface area contributed by atoms with Gasteiger partial charge in [-0.25, -0.2) is 9.18 Å². The van der Waals surface area contributed by atoms with Crippen LogP contribution in [0.5, 0.6) is 0 Å². The van der Waals surface area contributed by atoms with Gasteiger partial charge in [0, 0.05) is 48.6 Å². The molecule has 0 bridgehead atoms. The Balaban J connectivity index is 1.50. The zero-order chi connectivity index (χ0) is 28.7. The molecule has 7 nitrogen and oxygen atoms in total. The van der Waals surface area contributed by atoms with Crippen LogP contribution >= 0.6 is 0 Å². The van der Waals surface area contributed by atoms with Gasteiger partial charge >= 0.3 is 6.09 Å². The van der Waals surface area contributed by atoms with Crippen molar-refractivity contribution in [3.05, 3.63) is 76.4 Å². The third kappa shape index (κ3) is 8.01. The van der Waals surface area contributed by atoms with E-state index in [4.69, 9.17) is 9.72 Å². The van der Waals surface area contributed by atoms with Crippen LogP contribution < -0.4 is 5.32 Å². The van der Waals surface area contributed by atoms with Gasteiger partial charge in [0.1, 0.15) is 11.4 Å². The molecule has 2 aromatic rings. The van der Waals surface area contributed by atoms with Gasteiger partial charge in [-0.15, -0.1) is 0 Å². The summed E-state index contributed by atoms with van der Waals surface area (Å²) in [5.74, 6) is 5.81. The first-order chi connectivity index (χ1) is 19.1. The second kappa shape index (κ2) is 12.9. The van der Waals surface area contributed by atoms with Gasteiger partial charge in [0.05, 0.1) is 17.8 Å². The Kier molecular flexibility index (Phi) is 9.36. The molecule has 0 aliphatic carbocycles. The molecule has 1 aromatic heterocycles. The summed E-state index contributed by atoms with van der Waals surface area (Å²) in [6.07, 6.45) is 8.35. The summed E-state index contributed by atoms with van der Waals surface area (Å²) < 4.78 is 19.0. The number of nitrogens with zero attached hydrogens (tertiary/aromatic N) is 3. The summed E-state index contributed by atoms with van der Waals surface area (Å²) in [4.78, 5) is 36.3. The Morgan fingerprint density at radius 3 is 2.65 bits per heavy atom. The number of amides is 2. The van der Waals surface area contributed by atoms with Gasteiger partial charge in [-0.1, -0.05) is 17.9 Å². The highest BCUT2D eigenvalue weighted by molar-refractivity contribution is 5.94. The number of ether oxygens (including phenoxy) is 1. The monoisotopic (exact) mass is 544 g/mol. The van der Waals surface area contributed by atoms with Crippen LogP contribution in [-0.4, -0.2) is 59.4 Å². The van der Waals surface area contributed by atoms with Crippen LogP contribution in [0.15, 0.2) is 53.2 Å². The topological polar surface area (TPSA) is 83.9 Å². The number of likely N-dealkylation sites (tertiary alicyclic amines) is 1. The van der Waals surface area contributed by atoms with Gasteiger partial charge in [-0.2, -0.15) is 0 Å². The Morgan fingerprint density at radius 2 is 1.98 bits per heavy atom. The number of nitrogens with one attached hydrogen (secondary N) is 1. The first kappa shape index (κ1) is 29.0. The Hall–Kier alpha value is -3.99. The number of rotatable bonds is 6. The second-order valence-corrected chi connectivity index (χ2v) is 11.3. The quantitative estimate of drug-likeness (QED) is 0.377. The molecule has 0 saturated carbocycles. The second-order valence-electron chi connectivity index (χ2n) is 11.3. The summed E-state index contributed by atoms with van der Waals surface area (Å²) in [5, 5.41) is 2.97.